The lowest BCUT2D eigenvalue weighted by molar-refractivity contribution is 0.773. The molecule has 8 aromatic carbocycles. The van der Waals surface area contributed by atoms with Crippen molar-refractivity contribution in [3.63, 3.8) is 0 Å². The van der Waals surface area contributed by atoms with Gasteiger partial charge in [-0.05, 0) is 150 Å². The number of benzene rings is 8. The molecule has 1 spiro atoms. The molecule has 0 saturated carbocycles. The molecule has 2 nitrogen and oxygen atoms in total. The molecule has 0 radical (unpaired) electrons. The molecule has 330 valence electrons. The summed E-state index contributed by atoms with van der Waals surface area (Å²) in [4.78, 5) is 4.86. The summed E-state index contributed by atoms with van der Waals surface area (Å²) in [7, 11) is 0. The van der Waals surface area contributed by atoms with E-state index in [0.29, 0.717) is 0 Å². The molecule has 0 amide bonds. The van der Waals surface area contributed by atoms with Gasteiger partial charge in [0.1, 0.15) is 0 Å². The van der Waals surface area contributed by atoms with Crippen molar-refractivity contribution < 1.29 is 0 Å². The van der Waals surface area contributed by atoms with Crippen molar-refractivity contribution in [2.45, 2.75) is 39.0 Å². The van der Waals surface area contributed by atoms with Crippen LogP contribution in [-0.2, 0) is 5.41 Å². The number of nitrogens with zero attached hydrogens (tertiary/aromatic N) is 2. The Balaban J connectivity index is 0.000000504. The standard InChI is InChI=1S/C53H37BrN2.C5H8.2C3H6/c54-38-32-43(55(39-17-3-1-4-18-39)40-19-5-2-6-20-40)34-44(33-38)56(41-28-27-36-15-7-8-16-37(36)31-41)42-29-30-48-47-23-11-14-26-51(47)53(52(48)35-42)49-24-12-9-21-45(49)46-22-10-13-25-50(46)53;1-3-5-4-2;2*1-3-2/h1-28,31-35H,29-30H2;3-5H,1H2,2H3;2*3H,1H2,2H3/b;5-4-;;. The predicted molar refractivity (Wildman–Crippen MR) is 294 cm³/mol. The third-order valence-electron chi connectivity index (χ3n) is 12.3. The molecule has 11 rings (SSSR count). The zero-order chi connectivity index (χ0) is 46.8. The normalized spacial score (nSPS) is 13.2. The van der Waals surface area contributed by atoms with Gasteiger partial charge in [-0.2, -0.15) is 0 Å². The maximum atomic E-state index is 4.00. The van der Waals surface area contributed by atoms with E-state index in [1.54, 1.807) is 18.2 Å². The topological polar surface area (TPSA) is 6.48 Å². The van der Waals surface area contributed by atoms with Crippen LogP contribution < -0.4 is 9.80 Å². The number of rotatable bonds is 7. The smallest absolute Gasteiger partial charge is 0.0722 e. The van der Waals surface area contributed by atoms with Crippen LogP contribution in [0.3, 0.4) is 0 Å². The molecule has 0 aromatic heterocycles. The van der Waals surface area contributed by atoms with E-state index in [4.69, 9.17) is 0 Å². The average Bonchev–Trinajstić information content (AvgIpc) is 3.83. The van der Waals surface area contributed by atoms with Crippen LogP contribution in [-0.4, -0.2) is 0 Å². The highest BCUT2D eigenvalue weighted by Crippen LogP contribution is 2.64. The van der Waals surface area contributed by atoms with Gasteiger partial charge in [-0.25, -0.2) is 0 Å². The van der Waals surface area contributed by atoms with E-state index in [0.717, 1.165) is 45.8 Å². The van der Waals surface area contributed by atoms with E-state index in [-0.39, 0.29) is 5.41 Å². The van der Waals surface area contributed by atoms with Crippen molar-refractivity contribution >= 4 is 60.7 Å². The number of hydrogen-bond donors (Lipinski definition) is 0. The average molecular weight is 934 g/mol. The van der Waals surface area contributed by atoms with Crippen molar-refractivity contribution in [2.24, 2.45) is 0 Å². The van der Waals surface area contributed by atoms with Gasteiger partial charge in [0, 0.05) is 38.6 Å². The Morgan fingerprint density at radius 2 is 0.940 bits per heavy atom. The number of allylic oxidation sites excluding steroid dienone is 9. The molecule has 3 aliphatic rings. The molecule has 0 atom stereocenters. The second-order valence-electron chi connectivity index (χ2n) is 16.5. The minimum Gasteiger partial charge on any atom is -0.314 e. The Morgan fingerprint density at radius 1 is 0.463 bits per heavy atom. The van der Waals surface area contributed by atoms with Crippen LogP contribution >= 0.6 is 15.9 Å². The van der Waals surface area contributed by atoms with Crippen LogP contribution in [0.2, 0.25) is 0 Å². The van der Waals surface area contributed by atoms with Gasteiger partial charge in [-0.3, -0.25) is 0 Å². The predicted octanol–water partition coefficient (Wildman–Crippen LogP) is 18.8. The Kier molecular flexibility index (Phi) is 14.6. The zero-order valence-electron chi connectivity index (χ0n) is 38.7. The number of anilines is 5. The fraction of sp³-hybridized carbons (Fsp3) is 0.0938. The van der Waals surface area contributed by atoms with Crippen LogP contribution in [0.4, 0.5) is 28.4 Å². The summed E-state index contributed by atoms with van der Waals surface area (Å²) < 4.78 is 1.02. The molecule has 0 bridgehead atoms. The number of halogens is 1. The summed E-state index contributed by atoms with van der Waals surface area (Å²) in [5, 5.41) is 2.46. The summed E-state index contributed by atoms with van der Waals surface area (Å²) >= 11 is 4.00. The van der Waals surface area contributed by atoms with E-state index in [1.807, 2.05) is 32.9 Å². The van der Waals surface area contributed by atoms with E-state index in [9.17, 15) is 0 Å². The molecule has 67 heavy (non-hydrogen) atoms. The Labute approximate surface area is 406 Å². The number of para-hydroxylation sites is 2. The third-order valence-corrected chi connectivity index (χ3v) is 12.8. The van der Waals surface area contributed by atoms with Crippen LogP contribution in [0.15, 0.2) is 266 Å². The molecule has 0 unspecified atom stereocenters. The van der Waals surface area contributed by atoms with Gasteiger partial charge in [0.2, 0.25) is 0 Å². The Morgan fingerprint density at radius 3 is 1.48 bits per heavy atom. The lowest BCUT2D eigenvalue weighted by Crippen LogP contribution is -2.28. The quantitative estimate of drug-likeness (QED) is 0.116. The fourth-order valence-corrected chi connectivity index (χ4v) is 10.4. The minimum absolute atomic E-state index is 0.389. The minimum atomic E-state index is -0.389. The number of fused-ring (bicyclic) bond motifs is 10. The molecular weight excluding hydrogens is 877 g/mol. The lowest BCUT2D eigenvalue weighted by Gasteiger charge is -2.36. The maximum Gasteiger partial charge on any atom is 0.0722 e. The van der Waals surface area contributed by atoms with Crippen molar-refractivity contribution in [1.82, 2.24) is 0 Å². The van der Waals surface area contributed by atoms with E-state index >= 15 is 0 Å². The van der Waals surface area contributed by atoms with Crippen molar-refractivity contribution in [2.75, 3.05) is 9.80 Å². The Bertz CT molecular complexity index is 3040. The van der Waals surface area contributed by atoms with Gasteiger partial charge in [0.05, 0.1) is 5.41 Å². The van der Waals surface area contributed by atoms with Gasteiger partial charge in [-0.15, -0.1) is 13.2 Å². The highest BCUT2D eigenvalue weighted by Gasteiger charge is 2.52. The van der Waals surface area contributed by atoms with E-state index < -0.39 is 0 Å². The van der Waals surface area contributed by atoms with E-state index in [1.165, 1.54) is 61.0 Å². The molecule has 0 heterocycles. The molecule has 0 N–H and O–H groups in total. The molecule has 0 fully saturated rings. The lowest BCUT2D eigenvalue weighted by atomic mass is 9.69. The van der Waals surface area contributed by atoms with Gasteiger partial charge in [0.15, 0.2) is 0 Å². The summed E-state index contributed by atoms with van der Waals surface area (Å²) in [6.45, 7) is 15.9. The van der Waals surface area contributed by atoms with Crippen molar-refractivity contribution in [3.05, 3.63) is 288 Å². The Hall–Kier alpha value is -7.46. The maximum absolute atomic E-state index is 4.00. The largest absolute Gasteiger partial charge is 0.314 e. The summed E-state index contributed by atoms with van der Waals surface area (Å²) in [6.07, 6.45) is 13.5. The van der Waals surface area contributed by atoms with Crippen molar-refractivity contribution in [3.8, 4) is 11.1 Å². The summed E-state index contributed by atoms with van der Waals surface area (Å²) in [5.41, 5.74) is 17.5. The van der Waals surface area contributed by atoms with Gasteiger partial charge >= 0.3 is 0 Å². The fourth-order valence-electron chi connectivity index (χ4n) is 9.89. The SMILES string of the molecule is Brc1cc(N(C2=CC3=C(CC2)c2ccccc2C32c3ccccc3-c3ccccc32)c2ccc3ccccc3c2)cc(N(c2ccccc2)c2ccccc2)c1.C=C/C=C\C.C=CC.C=CC. The van der Waals surface area contributed by atoms with Crippen LogP contribution in [0, 0.1) is 0 Å². The molecule has 8 aromatic rings. The highest BCUT2D eigenvalue weighted by atomic mass is 79.9. The molecule has 0 saturated heterocycles. The first-order valence-electron chi connectivity index (χ1n) is 23.0. The van der Waals surface area contributed by atoms with Crippen LogP contribution in [0.5, 0.6) is 0 Å². The van der Waals surface area contributed by atoms with Gasteiger partial charge in [0.25, 0.3) is 0 Å². The first-order chi connectivity index (χ1) is 32.9. The molecule has 0 aliphatic heterocycles. The summed E-state index contributed by atoms with van der Waals surface area (Å²) in [6, 6.07) is 71.1. The van der Waals surface area contributed by atoms with Crippen LogP contribution in [0.1, 0.15) is 55.9 Å². The molecule has 3 aliphatic carbocycles. The second kappa shape index (κ2) is 21.2. The molecular formula is C64H57BrN2. The molecule has 3 heteroatoms. The highest BCUT2D eigenvalue weighted by molar-refractivity contribution is 9.10. The first-order valence-corrected chi connectivity index (χ1v) is 23.8. The third kappa shape index (κ3) is 8.96. The second-order valence-corrected chi connectivity index (χ2v) is 17.4. The van der Waals surface area contributed by atoms with Gasteiger partial charge in [-0.1, -0.05) is 192 Å². The van der Waals surface area contributed by atoms with Crippen molar-refractivity contribution in [1.29, 1.82) is 0 Å². The van der Waals surface area contributed by atoms with Crippen LogP contribution in [0.25, 0.3) is 27.5 Å². The van der Waals surface area contributed by atoms with Gasteiger partial charge < -0.3 is 9.80 Å². The first kappa shape index (κ1) is 46.1. The van der Waals surface area contributed by atoms with E-state index in [2.05, 4.69) is 246 Å². The summed E-state index contributed by atoms with van der Waals surface area (Å²) in [5.74, 6) is 0. The zero-order valence-corrected chi connectivity index (χ0v) is 40.3. The number of hydrogen-bond acceptors (Lipinski definition) is 2. The monoisotopic (exact) mass is 932 g/mol.